The quantitative estimate of drug-likeness (QED) is 0.300. The molecule has 4 aromatic rings. The number of hydrogen-bond donors (Lipinski definition) is 1. The standard InChI is InChI=1S/C30H31F2N7O3S/c1-30(2,3)42-29(40)37-27-16(8-33)22-25(34-10-20(31)26(22)43-27)21-19-14-41-13-18(19)17-9-35-28(36-24(17)23(21)32)39-7-6-15(12-39)11-38(4)5/h9-10,15H,6-7,11-14H2,1-5H3,(H,37,40)/t15-/m1/s1. The molecule has 1 amide bonds. The van der Waals surface area contributed by atoms with Crippen LogP contribution in [0.25, 0.3) is 32.2 Å². The lowest BCUT2D eigenvalue weighted by atomic mass is 9.94. The molecule has 224 valence electrons. The molecular weight excluding hydrogens is 576 g/mol. The first kappa shape index (κ1) is 29.1. The van der Waals surface area contributed by atoms with Gasteiger partial charge in [0.1, 0.15) is 22.2 Å². The zero-order valence-electron chi connectivity index (χ0n) is 24.5. The van der Waals surface area contributed by atoms with Gasteiger partial charge in [0.15, 0.2) is 11.6 Å². The summed E-state index contributed by atoms with van der Waals surface area (Å²) in [6, 6.07) is 2.06. The van der Waals surface area contributed by atoms with Crippen LogP contribution in [0.15, 0.2) is 12.4 Å². The van der Waals surface area contributed by atoms with Gasteiger partial charge in [-0.25, -0.2) is 23.5 Å². The molecule has 13 heteroatoms. The van der Waals surface area contributed by atoms with Gasteiger partial charge >= 0.3 is 6.09 Å². The fourth-order valence-electron chi connectivity index (χ4n) is 5.83. The van der Waals surface area contributed by atoms with Crippen LogP contribution in [0.2, 0.25) is 0 Å². The number of halogens is 2. The van der Waals surface area contributed by atoms with Crippen LogP contribution < -0.4 is 10.2 Å². The van der Waals surface area contributed by atoms with Crippen LogP contribution in [0.5, 0.6) is 0 Å². The van der Waals surface area contributed by atoms with E-state index in [0.717, 1.165) is 49.2 Å². The number of hydrogen-bond acceptors (Lipinski definition) is 10. The third kappa shape index (κ3) is 5.35. The molecule has 5 heterocycles. The van der Waals surface area contributed by atoms with E-state index in [-0.39, 0.29) is 50.6 Å². The van der Waals surface area contributed by atoms with Gasteiger partial charge in [-0.05, 0) is 58.3 Å². The first-order valence-electron chi connectivity index (χ1n) is 13.9. The van der Waals surface area contributed by atoms with Crippen molar-refractivity contribution in [2.75, 3.05) is 43.9 Å². The Morgan fingerprint density at radius 1 is 1.26 bits per heavy atom. The van der Waals surface area contributed by atoms with Gasteiger partial charge in [-0.1, -0.05) is 0 Å². The number of nitriles is 1. The molecule has 43 heavy (non-hydrogen) atoms. The number of carbonyl (C=O) groups excluding carboxylic acids is 1. The number of thiophene rings is 1. The molecule has 1 saturated heterocycles. The molecule has 0 saturated carbocycles. The Balaban J connectivity index is 1.50. The van der Waals surface area contributed by atoms with E-state index in [4.69, 9.17) is 9.47 Å². The van der Waals surface area contributed by atoms with E-state index < -0.39 is 23.3 Å². The number of amides is 1. The molecule has 2 aliphatic heterocycles. The predicted octanol–water partition coefficient (Wildman–Crippen LogP) is 5.82. The third-order valence-electron chi connectivity index (χ3n) is 7.51. The maximum atomic E-state index is 16.7. The van der Waals surface area contributed by atoms with Crippen molar-refractivity contribution in [3.8, 4) is 17.3 Å². The Morgan fingerprint density at radius 2 is 2.02 bits per heavy atom. The Hall–Kier alpha value is -3.99. The van der Waals surface area contributed by atoms with Crippen LogP contribution >= 0.6 is 11.3 Å². The molecule has 0 bridgehead atoms. The van der Waals surface area contributed by atoms with Crippen molar-refractivity contribution in [3.05, 3.63) is 40.7 Å². The summed E-state index contributed by atoms with van der Waals surface area (Å²) >= 11 is 0.866. The van der Waals surface area contributed by atoms with Gasteiger partial charge in [0, 0.05) is 42.2 Å². The predicted molar refractivity (Wildman–Crippen MR) is 160 cm³/mol. The van der Waals surface area contributed by atoms with Crippen molar-refractivity contribution in [1.82, 2.24) is 19.9 Å². The second-order valence-electron chi connectivity index (χ2n) is 12.1. The van der Waals surface area contributed by atoms with Crippen LogP contribution in [-0.2, 0) is 22.7 Å². The number of nitrogens with zero attached hydrogens (tertiary/aromatic N) is 6. The summed E-state index contributed by atoms with van der Waals surface area (Å²) in [4.78, 5) is 30.3. The molecule has 0 radical (unpaired) electrons. The highest BCUT2D eigenvalue weighted by atomic mass is 32.1. The zero-order chi connectivity index (χ0) is 30.6. The van der Waals surface area contributed by atoms with Crippen molar-refractivity contribution >= 4 is 49.4 Å². The molecule has 1 atom stereocenters. The normalized spacial score (nSPS) is 16.7. The molecule has 0 spiro atoms. The Labute approximate surface area is 251 Å². The molecule has 0 unspecified atom stereocenters. The zero-order valence-corrected chi connectivity index (χ0v) is 25.4. The highest BCUT2D eigenvalue weighted by molar-refractivity contribution is 7.23. The van der Waals surface area contributed by atoms with Crippen LogP contribution in [0.1, 0.15) is 43.9 Å². The van der Waals surface area contributed by atoms with Crippen LogP contribution in [0.4, 0.5) is 24.5 Å². The van der Waals surface area contributed by atoms with E-state index in [0.29, 0.717) is 22.8 Å². The van der Waals surface area contributed by atoms with E-state index in [1.54, 1.807) is 27.0 Å². The smallest absolute Gasteiger partial charge is 0.412 e. The van der Waals surface area contributed by atoms with Gasteiger partial charge in [0.2, 0.25) is 5.95 Å². The number of pyridine rings is 1. The molecule has 1 aromatic carbocycles. The number of anilines is 2. The minimum Gasteiger partial charge on any atom is -0.444 e. The van der Waals surface area contributed by atoms with Crippen molar-refractivity contribution < 1.29 is 23.0 Å². The lowest BCUT2D eigenvalue weighted by Crippen LogP contribution is -2.27. The highest BCUT2D eigenvalue weighted by Crippen LogP contribution is 2.46. The number of fused-ring (bicyclic) bond motifs is 4. The fourth-order valence-corrected chi connectivity index (χ4v) is 6.87. The molecule has 6 rings (SSSR count). The average molecular weight is 608 g/mol. The number of ether oxygens (including phenoxy) is 2. The maximum Gasteiger partial charge on any atom is 0.412 e. The third-order valence-corrected chi connectivity index (χ3v) is 8.63. The van der Waals surface area contributed by atoms with E-state index in [1.165, 1.54) is 0 Å². The Morgan fingerprint density at radius 3 is 2.74 bits per heavy atom. The minimum atomic E-state index is -0.796. The Bertz CT molecular complexity index is 1810. The van der Waals surface area contributed by atoms with Gasteiger partial charge < -0.3 is 19.3 Å². The first-order chi connectivity index (χ1) is 20.4. The lowest BCUT2D eigenvalue weighted by Gasteiger charge is -2.19. The van der Waals surface area contributed by atoms with Crippen molar-refractivity contribution in [2.45, 2.75) is 46.0 Å². The van der Waals surface area contributed by atoms with Crippen molar-refractivity contribution in [3.63, 3.8) is 0 Å². The molecule has 3 aromatic heterocycles. The minimum absolute atomic E-state index is 0.0348. The van der Waals surface area contributed by atoms with E-state index in [9.17, 15) is 10.1 Å². The van der Waals surface area contributed by atoms with Crippen molar-refractivity contribution in [1.29, 1.82) is 5.26 Å². The van der Waals surface area contributed by atoms with Gasteiger partial charge in [-0.2, -0.15) is 5.26 Å². The highest BCUT2D eigenvalue weighted by Gasteiger charge is 2.32. The fraction of sp³-hybridized carbons (Fsp3) is 0.433. The van der Waals surface area contributed by atoms with Gasteiger partial charge in [0.25, 0.3) is 0 Å². The Kier molecular flexibility index (Phi) is 7.40. The molecule has 2 aliphatic rings. The molecule has 10 nitrogen and oxygen atoms in total. The molecule has 1 fully saturated rings. The maximum absolute atomic E-state index is 16.7. The van der Waals surface area contributed by atoms with Gasteiger partial charge in [-0.15, -0.1) is 11.3 Å². The first-order valence-corrected chi connectivity index (χ1v) is 14.8. The number of aromatic nitrogens is 3. The largest absolute Gasteiger partial charge is 0.444 e. The van der Waals surface area contributed by atoms with Gasteiger partial charge in [0.05, 0.1) is 35.4 Å². The second kappa shape index (κ2) is 10.9. The van der Waals surface area contributed by atoms with Crippen molar-refractivity contribution in [2.24, 2.45) is 5.92 Å². The van der Waals surface area contributed by atoms with Crippen LogP contribution in [0, 0.1) is 28.9 Å². The monoisotopic (exact) mass is 607 g/mol. The SMILES string of the molecule is CN(C)C[C@H]1CCN(c2ncc3c4c(c(-c5ncc(F)c6sc(NC(=O)OC(C)(C)C)c(C#N)c56)c(F)c3n2)COC4)C1. The summed E-state index contributed by atoms with van der Waals surface area (Å²) in [6.07, 6.45) is 2.82. The number of nitrogens with one attached hydrogen (secondary N) is 1. The number of rotatable bonds is 5. The number of benzene rings is 1. The van der Waals surface area contributed by atoms with Crippen LogP contribution in [0.3, 0.4) is 0 Å². The van der Waals surface area contributed by atoms with E-state index in [2.05, 4.69) is 36.1 Å². The molecule has 0 aliphatic carbocycles. The summed E-state index contributed by atoms with van der Waals surface area (Å²) in [5, 5.41) is 13.4. The van der Waals surface area contributed by atoms with Gasteiger partial charge in [-0.3, -0.25) is 10.3 Å². The number of carbonyl (C=O) groups is 1. The summed E-state index contributed by atoms with van der Waals surface area (Å²) < 4.78 is 43.0. The summed E-state index contributed by atoms with van der Waals surface area (Å²) in [7, 11) is 4.08. The molecule has 1 N–H and O–H groups in total. The van der Waals surface area contributed by atoms with Crippen LogP contribution in [-0.4, -0.2) is 65.3 Å². The molecular formula is C30H31F2N7O3S. The summed E-state index contributed by atoms with van der Waals surface area (Å²) in [6.45, 7) is 7.91. The second-order valence-corrected chi connectivity index (χ2v) is 13.2. The summed E-state index contributed by atoms with van der Waals surface area (Å²) in [5.41, 5.74) is 0.738. The summed E-state index contributed by atoms with van der Waals surface area (Å²) in [5.74, 6) is -0.459. The van der Waals surface area contributed by atoms with E-state index >= 15 is 8.78 Å². The lowest BCUT2D eigenvalue weighted by molar-refractivity contribution is 0.0636. The topological polar surface area (TPSA) is 116 Å². The average Bonchev–Trinajstić information content (AvgIpc) is 3.67. The van der Waals surface area contributed by atoms with E-state index in [1.807, 2.05) is 14.1 Å².